The topological polar surface area (TPSA) is 12.0 Å². The molecule has 1 heteroatoms. The van der Waals surface area contributed by atoms with Crippen LogP contribution in [0.1, 0.15) is 19.4 Å². The van der Waals surface area contributed by atoms with Crippen LogP contribution in [0, 0.1) is 0 Å². The van der Waals surface area contributed by atoms with E-state index in [1.807, 2.05) is 50.3 Å². The summed E-state index contributed by atoms with van der Waals surface area (Å²) >= 11 is 0. The van der Waals surface area contributed by atoms with Gasteiger partial charge in [0.2, 0.25) is 0 Å². The van der Waals surface area contributed by atoms with Crippen LogP contribution < -0.4 is 5.32 Å². The number of allylic oxidation sites excluding steroid dienone is 2. The fourth-order valence-electron chi connectivity index (χ4n) is 1.07. The van der Waals surface area contributed by atoms with Crippen LogP contribution in [0.5, 0.6) is 0 Å². The van der Waals surface area contributed by atoms with E-state index in [-0.39, 0.29) is 0 Å². The zero-order valence-electron chi connectivity index (χ0n) is 8.17. The monoisotopic (exact) mass is 173 g/mol. The molecule has 1 rings (SSSR count). The van der Waals surface area contributed by atoms with Gasteiger partial charge in [-0.25, -0.2) is 0 Å². The Bertz CT molecular complexity index is 324. The summed E-state index contributed by atoms with van der Waals surface area (Å²) in [5, 5.41) is 3.30. The van der Waals surface area contributed by atoms with Gasteiger partial charge >= 0.3 is 0 Å². The van der Waals surface area contributed by atoms with Crippen molar-refractivity contribution in [1.82, 2.24) is 0 Å². The normalized spacial score (nSPS) is 11.1. The Balaban J connectivity index is 2.93. The van der Waals surface area contributed by atoms with Crippen molar-refractivity contribution in [2.45, 2.75) is 13.8 Å². The molecule has 1 nitrogen and oxygen atoms in total. The fraction of sp³-hybridized carbons (Fsp3) is 0.167. The van der Waals surface area contributed by atoms with E-state index in [0.717, 1.165) is 16.9 Å². The van der Waals surface area contributed by atoms with Crippen LogP contribution in [-0.4, -0.2) is 0 Å². The second-order valence-corrected chi connectivity index (χ2v) is 2.89. The number of anilines is 1. The van der Waals surface area contributed by atoms with Crippen LogP contribution >= 0.6 is 0 Å². The molecule has 0 atom stereocenters. The largest absolute Gasteiger partial charge is 0.359 e. The van der Waals surface area contributed by atoms with Crippen LogP contribution in [0.2, 0.25) is 0 Å². The smallest absolute Gasteiger partial charge is 0.0455 e. The molecule has 0 bridgehead atoms. The zero-order valence-corrected chi connectivity index (χ0v) is 8.17. The van der Waals surface area contributed by atoms with Crippen molar-refractivity contribution < 1.29 is 0 Å². The maximum Gasteiger partial charge on any atom is 0.0455 e. The van der Waals surface area contributed by atoms with Gasteiger partial charge in [-0.3, -0.25) is 0 Å². The van der Waals surface area contributed by atoms with Crippen LogP contribution in [0.25, 0.3) is 6.08 Å². The average molecular weight is 173 g/mol. The molecule has 0 saturated heterocycles. The molecule has 0 amide bonds. The van der Waals surface area contributed by atoms with Crippen LogP contribution in [0.15, 0.2) is 42.6 Å². The fourth-order valence-corrected chi connectivity index (χ4v) is 1.07. The number of hydrogen-bond acceptors (Lipinski definition) is 1. The zero-order chi connectivity index (χ0) is 9.68. The van der Waals surface area contributed by atoms with Gasteiger partial charge in [0.25, 0.3) is 0 Å². The lowest BCUT2D eigenvalue weighted by atomic mass is 10.1. The highest BCUT2D eigenvalue weighted by atomic mass is 14.9. The number of hydrogen-bond donors (Lipinski definition) is 1. The third-order valence-electron chi connectivity index (χ3n) is 1.95. The van der Waals surface area contributed by atoms with Crippen molar-refractivity contribution in [1.29, 1.82) is 0 Å². The molecule has 68 valence electrons. The Morgan fingerprint density at radius 2 is 2.08 bits per heavy atom. The summed E-state index contributed by atoms with van der Waals surface area (Å²) in [6.45, 7) is 7.82. The Kier molecular flexibility index (Phi) is 3.32. The lowest BCUT2D eigenvalue weighted by Gasteiger charge is -2.08. The number of benzene rings is 1. The lowest BCUT2D eigenvalue weighted by Crippen LogP contribution is -1.96. The van der Waals surface area contributed by atoms with Crippen molar-refractivity contribution >= 4 is 11.8 Å². The molecule has 0 aliphatic rings. The van der Waals surface area contributed by atoms with Crippen molar-refractivity contribution in [3.8, 4) is 0 Å². The SMILES string of the molecule is C=Cc1ccccc1N/C(C)=C\C. The minimum Gasteiger partial charge on any atom is -0.359 e. The summed E-state index contributed by atoms with van der Waals surface area (Å²) in [5.74, 6) is 0. The molecule has 0 aromatic heterocycles. The molecule has 0 fully saturated rings. The first-order valence-corrected chi connectivity index (χ1v) is 4.39. The van der Waals surface area contributed by atoms with E-state index < -0.39 is 0 Å². The predicted molar refractivity (Wildman–Crippen MR) is 59.6 cm³/mol. The molecule has 0 aliphatic heterocycles. The van der Waals surface area contributed by atoms with Gasteiger partial charge in [-0.2, -0.15) is 0 Å². The van der Waals surface area contributed by atoms with Crippen LogP contribution in [0.3, 0.4) is 0 Å². The summed E-state index contributed by atoms with van der Waals surface area (Å²) in [7, 11) is 0. The summed E-state index contributed by atoms with van der Waals surface area (Å²) in [5.41, 5.74) is 3.38. The van der Waals surface area contributed by atoms with E-state index in [1.165, 1.54) is 0 Å². The van der Waals surface area contributed by atoms with Crippen LogP contribution in [0.4, 0.5) is 5.69 Å². The van der Waals surface area contributed by atoms with E-state index in [0.29, 0.717) is 0 Å². The van der Waals surface area contributed by atoms with Gasteiger partial charge in [-0.05, 0) is 25.5 Å². The second-order valence-electron chi connectivity index (χ2n) is 2.89. The van der Waals surface area contributed by atoms with Gasteiger partial charge in [-0.1, -0.05) is 36.9 Å². The first-order chi connectivity index (χ1) is 6.27. The van der Waals surface area contributed by atoms with Crippen molar-refractivity contribution in [2.24, 2.45) is 0 Å². The van der Waals surface area contributed by atoms with Gasteiger partial charge in [0.15, 0.2) is 0 Å². The van der Waals surface area contributed by atoms with E-state index in [9.17, 15) is 0 Å². The Hall–Kier alpha value is -1.50. The predicted octanol–water partition coefficient (Wildman–Crippen LogP) is 3.67. The molecule has 1 N–H and O–H groups in total. The standard InChI is InChI=1S/C12H15N/c1-4-10(3)13-12-9-7-6-8-11(12)5-2/h4-9,13H,2H2,1,3H3/b10-4-. The highest BCUT2D eigenvalue weighted by Crippen LogP contribution is 2.17. The minimum atomic E-state index is 1.10. The van der Waals surface area contributed by atoms with E-state index >= 15 is 0 Å². The molecule has 0 spiro atoms. The van der Waals surface area contributed by atoms with Gasteiger partial charge < -0.3 is 5.32 Å². The summed E-state index contributed by atoms with van der Waals surface area (Å²) in [6.07, 6.45) is 3.89. The maximum atomic E-state index is 3.77. The number of nitrogens with one attached hydrogen (secondary N) is 1. The lowest BCUT2D eigenvalue weighted by molar-refractivity contribution is 1.35. The maximum absolute atomic E-state index is 3.77. The molecule has 0 aliphatic carbocycles. The number of rotatable bonds is 3. The molecule has 0 heterocycles. The highest BCUT2D eigenvalue weighted by Gasteiger charge is 1.96. The molecular weight excluding hydrogens is 158 g/mol. The Morgan fingerprint density at radius 3 is 2.69 bits per heavy atom. The first-order valence-electron chi connectivity index (χ1n) is 4.39. The second kappa shape index (κ2) is 4.51. The Labute approximate surface area is 79.8 Å². The molecule has 0 unspecified atom stereocenters. The third kappa shape index (κ3) is 2.48. The van der Waals surface area contributed by atoms with Gasteiger partial charge in [0.1, 0.15) is 0 Å². The molecule has 1 aromatic rings. The van der Waals surface area contributed by atoms with E-state index in [4.69, 9.17) is 0 Å². The first kappa shape index (κ1) is 9.59. The van der Waals surface area contributed by atoms with Crippen molar-refractivity contribution in [3.63, 3.8) is 0 Å². The van der Waals surface area contributed by atoms with Gasteiger partial charge in [0, 0.05) is 11.4 Å². The molecule has 0 saturated carbocycles. The van der Waals surface area contributed by atoms with E-state index in [2.05, 4.69) is 11.9 Å². The average Bonchev–Trinajstić information content (AvgIpc) is 2.18. The minimum absolute atomic E-state index is 1.10. The van der Waals surface area contributed by atoms with E-state index in [1.54, 1.807) is 0 Å². The number of para-hydroxylation sites is 1. The van der Waals surface area contributed by atoms with Crippen LogP contribution in [-0.2, 0) is 0 Å². The van der Waals surface area contributed by atoms with Crippen molar-refractivity contribution in [2.75, 3.05) is 5.32 Å². The van der Waals surface area contributed by atoms with Gasteiger partial charge in [0.05, 0.1) is 0 Å². The molecule has 0 radical (unpaired) electrons. The summed E-state index contributed by atoms with van der Waals surface area (Å²) in [6, 6.07) is 8.10. The van der Waals surface area contributed by atoms with Gasteiger partial charge in [-0.15, -0.1) is 0 Å². The highest BCUT2D eigenvalue weighted by molar-refractivity contribution is 5.67. The Morgan fingerprint density at radius 1 is 1.38 bits per heavy atom. The summed E-state index contributed by atoms with van der Waals surface area (Å²) in [4.78, 5) is 0. The third-order valence-corrected chi connectivity index (χ3v) is 1.95. The van der Waals surface area contributed by atoms with Crippen molar-refractivity contribution in [3.05, 3.63) is 48.2 Å². The summed E-state index contributed by atoms with van der Waals surface area (Å²) < 4.78 is 0. The molecule has 13 heavy (non-hydrogen) atoms. The molecule has 1 aromatic carbocycles. The molecular formula is C12H15N. The quantitative estimate of drug-likeness (QED) is 0.735.